The van der Waals surface area contributed by atoms with Crippen molar-refractivity contribution in [2.24, 2.45) is 0 Å². The molecule has 3 nitrogen and oxygen atoms in total. The van der Waals surface area contributed by atoms with Crippen LogP contribution in [0.1, 0.15) is 22.8 Å². The first-order chi connectivity index (χ1) is 7.66. The maximum absolute atomic E-state index is 5.48. The third-order valence-electron chi connectivity index (χ3n) is 2.62. The SMILES string of the molecule is Cc1cc(CNc2cccnc2C)c(C)o1. The standard InChI is InChI=1S/C13H16N2O/c1-9-7-12(11(3)16-9)8-15-13-5-4-6-14-10(13)2/h4-7,15H,8H2,1-3H3. The first-order valence-electron chi connectivity index (χ1n) is 5.38. The predicted molar refractivity (Wildman–Crippen MR) is 64.5 cm³/mol. The Kier molecular flexibility index (Phi) is 2.95. The van der Waals surface area contributed by atoms with Gasteiger partial charge in [-0.25, -0.2) is 0 Å². The minimum absolute atomic E-state index is 0.774. The van der Waals surface area contributed by atoms with Crippen molar-refractivity contribution < 1.29 is 4.42 Å². The number of pyridine rings is 1. The van der Waals surface area contributed by atoms with Gasteiger partial charge in [0.1, 0.15) is 11.5 Å². The molecule has 0 saturated heterocycles. The Bertz CT molecular complexity index is 488. The van der Waals surface area contributed by atoms with E-state index >= 15 is 0 Å². The van der Waals surface area contributed by atoms with Gasteiger partial charge < -0.3 is 9.73 Å². The molecule has 0 aliphatic carbocycles. The van der Waals surface area contributed by atoms with E-state index in [0.717, 1.165) is 29.4 Å². The molecule has 0 aromatic carbocycles. The summed E-state index contributed by atoms with van der Waals surface area (Å²) in [7, 11) is 0. The van der Waals surface area contributed by atoms with E-state index in [9.17, 15) is 0 Å². The van der Waals surface area contributed by atoms with Crippen LogP contribution in [0.4, 0.5) is 5.69 Å². The second-order valence-corrected chi connectivity index (χ2v) is 3.93. The van der Waals surface area contributed by atoms with Crippen molar-refractivity contribution in [3.8, 4) is 0 Å². The van der Waals surface area contributed by atoms with E-state index in [1.807, 2.05) is 32.9 Å². The molecule has 0 unspecified atom stereocenters. The number of aromatic nitrogens is 1. The highest BCUT2D eigenvalue weighted by molar-refractivity contribution is 5.47. The van der Waals surface area contributed by atoms with Crippen molar-refractivity contribution in [2.75, 3.05) is 5.32 Å². The zero-order valence-corrected chi connectivity index (χ0v) is 9.87. The molecule has 0 amide bonds. The summed E-state index contributed by atoms with van der Waals surface area (Å²) in [5.41, 5.74) is 3.28. The minimum atomic E-state index is 0.774. The monoisotopic (exact) mass is 216 g/mol. The van der Waals surface area contributed by atoms with E-state index < -0.39 is 0 Å². The number of rotatable bonds is 3. The van der Waals surface area contributed by atoms with E-state index in [4.69, 9.17) is 4.42 Å². The van der Waals surface area contributed by atoms with Gasteiger partial charge in [0.15, 0.2) is 0 Å². The maximum atomic E-state index is 5.48. The van der Waals surface area contributed by atoms with Gasteiger partial charge >= 0.3 is 0 Å². The van der Waals surface area contributed by atoms with Crippen LogP contribution in [0, 0.1) is 20.8 Å². The van der Waals surface area contributed by atoms with Crippen molar-refractivity contribution in [1.29, 1.82) is 0 Å². The number of hydrogen-bond acceptors (Lipinski definition) is 3. The summed E-state index contributed by atoms with van der Waals surface area (Å²) >= 11 is 0. The fourth-order valence-corrected chi connectivity index (χ4v) is 1.72. The quantitative estimate of drug-likeness (QED) is 0.856. The highest BCUT2D eigenvalue weighted by Crippen LogP contribution is 2.17. The molecule has 0 saturated carbocycles. The summed E-state index contributed by atoms with van der Waals surface area (Å²) in [5.74, 6) is 1.93. The molecule has 16 heavy (non-hydrogen) atoms. The van der Waals surface area contributed by atoms with Crippen molar-refractivity contribution in [1.82, 2.24) is 4.98 Å². The van der Waals surface area contributed by atoms with Gasteiger partial charge in [-0.1, -0.05) is 0 Å². The van der Waals surface area contributed by atoms with Crippen molar-refractivity contribution in [2.45, 2.75) is 27.3 Å². The molecule has 0 aliphatic heterocycles. The first kappa shape index (κ1) is 10.7. The molecule has 2 heterocycles. The Hall–Kier alpha value is -1.77. The minimum Gasteiger partial charge on any atom is -0.466 e. The van der Waals surface area contributed by atoms with E-state index in [2.05, 4.69) is 16.4 Å². The number of anilines is 1. The van der Waals surface area contributed by atoms with Crippen molar-refractivity contribution >= 4 is 5.69 Å². The van der Waals surface area contributed by atoms with Gasteiger partial charge in [0, 0.05) is 18.3 Å². The average molecular weight is 216 g/mol. The molecule has 0 fully saturated rings. The number of furan rings is 1. The Labute approximate surface area is 95.5 Å². The Morgan fingerprint density at radius 1 is 1.31 bits per heavy atom. The third-order valence-corrected chi connectivity index (χ3v) is 2.62. The predicted octanol–water partition coefficient (Wildman–Crippen LogP) is 3.21. The van der Waals surface area contributed by atoms with Crippen LogP contribution in [0.5, 0.6) is 0 Å². The van der Waals surface area contributed by atoms with Crippen molar-refractivity contribution in [3.63, 3.8) is 0 Å². The van der Waals surface area contributed by atoms with Gasteiger partial charge in [-0.15, -0.1) is 0 Å². The second-order valence-electron chi connectivity index (χ2n) is 3.93. The number of nitrogens with one attached hydrogen (secondary N) is 1. The highest BCUT2D eigenvalue weighted by Gasteiger charge is 2.04. The van der Waals surface area contributed by atoms with Gasteiger partial charge in [-0.2, -0.15) is 0 Å². The highest BCUT2D eigenvalue weighted by atomic mass is 16.3. The topological polar surface area (TPSA) is 38.1 Å². The number of aryl methyl sites for hydroxylation is 3. The summed E-state index contributed by atoms with van der Waals surface area (Å²) < 4.78 is 5.48. The number of hydrogen-bond donors (Lipinski definition) is 1. The average Bonchev–Trinajstić information content (AvgIpc) is 2.56. The Morgan fingerprint density at radius 3 is 2.75 bits per heavy atom. The molecular formula is C13H16N2O. The number of nitrogens with zero attached hydrogens (tertiary/aromatic N) is 1. The molecule has 3 heteroatoms. The lowest BCUT2D eigenvalue weighted by Gasteiger charge is -2.07. The first-order valence-corrected chi connectivity index (χ1v) is 5.38. The van der Waals surface area contributed by atoms with Crippen LogP contribution < -0.4 is 5.32 Å². The molecule has 2 aromatic heterocycles. The van der Waals surface area contributed by atoms with Gasteiger partial charge in [0.25, 0.3) is 0 Å². The van der Waals surface area contributed by atoms with Crippen molar-refractivity contribution in [3.05, 3.63) is 47.2 Å². The Morgan fingerprint density at radius 2 is 2.12 bits per heavy atom. The molecular weight excluding hydrogens is 200 g/mol. The summed E-state index contributed by atoms with van der Waals surface area (Å²) in [5, 5.41) is 3.36. The van der Waals surface area contributed by atoms with Crippen LogP contribution in [-0.4, -0.2) is 4.98 Å². The van der Waals surface area contributed by atoms with Crippen LogP contribution in [0.3, 0.4) is 0 Å². The maximum Gasteiger partial charge on any atom is 0.106 e. The molecule has 0 spiro atoms. The zero-order chi connectivity index (χ0) is 11.5. The van der Waals surface area contributed by atoms with Crippen LogP contribution in [0.2, 0.25) is 0 Å². The Balaban J connectivity index is 2.08. The lowest BCUT2D eigenvalue weighted by Crippen LogP contribution is -2.01. The third kappa shape index (κ3) is 2.24. The lowest BCUT2D eigenvalue weighted by molar-refractivity contribution is 0.501. The van der Waals surface area contributed by atoms with Crippen LogP contribution in [-0.2, 0) is 6.54 Å². The van der Waals surface area contributed by atoms with E-state index in [1.165, 1.54) is 5.56 Å². The smallest absolute Gasteiger partial charge is 0.106 e. The van der Waals surface area contributed by atoms with Crippen LogP contribution in [0.25, 0.3) is 0 Å². The van der Waals surface area contributed by atoms with Crippen LogP contribution >= 0.6 is 0 Å². The molecule has 1 N–H and O–H groups in total. The molecule has 2 rings (SSSR count). The second kappa shape index (κ2) is 4.39. The van der Waals surface area contributed by atoms with Crippen LogP contribution in [0.15, 0.2) is 28.8 Å². The fourth-order valence-electron chi connectivity index (χ4n) is 1.72. The van der Waals surface area contributed by atoms with E-state index in [0.29, 0.717) is 0 Å². The fraction of sp³-hybridized carbons (Fsp3) is 0.308. The van der Waals surface area contributed by atoms with Gasteiger partial charge in [0.05, 0.1) is 11.4 Å². The molecule has 2 aromatic rings. The molecule has 0 bridgehead atoms. The van der Waals surface area contributed by atoms with Gasteiger partial charge in [-0.05, 0) is 39.0 Å². The van der Waals surface area contributed by atoms with Gasteiger partial charge in [-0.3, -0.25) is 4.98 Å². The largest absolute Gasteiger partial charge is 0.466 e. The molecule has 0 aliphatic rings. The van der Waals surface area contributed by atoms with E-state index in [1.54, 1.807) is 6.20 Å². The summed E-state index contributed by atoms with van der Waals surface area (Å²) in [4.78, 5) is 4.23. The molecule has 84 valence electrons. The molecule has 0 atom stereocenters. The summed E-state index contributed by atoms with van der Waals surface area (Å²) in [6, 6.07) is 6.03. The van der Waals surface area contributed by atoms with Gasteiger partial charge in [0.2, 0.25) is 0 Å². The normalized spacial score (nSPS) is 10.4. The van der Waals surface area contributed by atoms with E-state index in [-0.39, 0.29) is 0 Å². The lowest BCUT2D eigenvalue weighted by atomic mass is 10.2. The summed E-state index contributed by atoms with van der Waals surface area (Å²) in [6.07, 6.45) is 1.80. The summed E-state index contributed by atoms with van der Waals surface area (Å²) in [6.45, 7) is 6.72. The zero-order valence-electron chi connectivity index (χ0n) is 9.87. The molecule has 0 radical (unpaired) electrons.